The monoisotopic (exact) mass is 481 g/mol. The van der Waals surface area contributed by atoms with Gasteiger partial charge in [-0.15, -0.1) is 11.3 Å². The molecule has 2 N–H and O–H groups in total. The summed E-state index contributed by atoms with van der Waals surface area (Å²) in [6.07, 6.45) is 0. The largest absolute Gasteiger partial charge is 0.454 e. The molecule has 9 heteroatoms. The topological polar surface area (TPSA) is 106 Å². The Bertz CT molecular complexity index is 1720. The molecule has 2 aromatic carbocycles. The zero-order chi connectivity index (χ0) is 24.1. The number of aryl methyl sites for hydroxylation is 2. The zero-order valence-electron chi connectivity index (χ0n) is 18.8. The molecule has 0 radical (unpaired) electrons. The van der Waals surface area contributed by atoms with Crippen molar-refractivity contribution in [2.24, 2.45) is 0 Å². The highest BCUT2D eigenvalue weighted by atomic mass is 32.1. The molecular weight excluding hydrogens is 462 g/mol. The average molecular weight is 482 g/mol. The minimum atomic E-state index is -0.743. The molecule has 0 aliphatic rings. The number of hydrogen-bond donors (Lipinski definition) is 2. The SMILES string of the molecule is Cc1cc(NC(=O)C(=O)c2c(C)[nH]c3ccccc23)n(-c2nc(-c3cc4ccccc4o3)cs2)n1. The molecule has 6 aromatic rings. The maximum Gasteiger partial charge on any atom is 0.298 e. The number of carbonyl (C=O) groups excluding carboxylic acids is 2. The maximum atomic E-state index is 13.1. The fraction of sp³-hybridized carbons (Fsp3) is 0.0769. The molecule has 1 amide bonds. The van der Waals surface area contributed by atoms with Gasteiger partial charge >= 0.3 is 0 Å². The minimum absolute atomic E-state index is 0.363. The first kappa shape index (κ1) is 21.1. The van der Waals surface area contributed by atoms with Gasteiger partial charge in [-0.3, -0.25) is 9.59 Å². The first-order valence-electron chi connectivity index (χ1n) is 10.9. The van der Waals surface area contributed by atoms with Gasteiger partial charge in [0, 0.05) is 33.4 Å². The number of aromatic amines is 1. The van der Waals surface area contributed by atoms with E-state index in [1.807, 2.05) is 66.9 Å². The van der Waals surface area contributed by atoms with E-state index in [9.17, 15) is 9.59 Å². The van der Waals surface area contributed by atoms with Gasteiger partial charge in [0.15, 0.2) is 5.76 Å². The van der Waals surface area contributed by atoms with Crippen LogP contribution in [0, 0.1) is 13.8 Å². The van der Waals surface area contributed by atoms with Crippen LogP contribution < -0.4 is 5.32 Å². The molecule has 0 saturated carbocycles. The Balaban J connectivity index is 1.30. The summed E-state index contributed by atoms with van der Waals surface area (Å²) in [5, 5.41) is 11.3. The molecule has 0 spiro atoms. The Morgan fingerprint density at radius 1 is 1.06 bits per heavy atom. The number of aromatic nitrogens is 4. The number of nitrogens with zero attached hydrogens (tertiary/aromatic N) is 3. The molecule has 172 valence electrons. The number of fused-ring (bicyclic) bond motifs is 2. The molecule has 8 nitrogen and oxygen atoms in total. The lowest BCUT2D eigenvalue weighted by atomic mass is 10.1. The second-order valence-corrected chi connectivity index (χ2v) is 9.04. The molecule has 4 heterocycles. The maximum absolute atomic E-state index is 13.1. The highest BCUT2D eigenvalue weighted by molar-refractivity contribution is 7.12. The number of hydrogen-bond acceptors (Lipinski definition) is 6. The third-order valence-electron chi connectivity index (χ3n) is 5.75. The lowest BCUT2D eigenvalue weighted by Crippen LogP contribution is -2.24. The quantitative estimate of drug-likeness (QED) is 0.244. The van der Waals surface area contributed by atoms with E-state index in [2.05, 4.69) is 20.4 Å². The molecule has 0 fully saturated rings. The number of ketones is 1. The number of rotatable bonds is 5. The molecule has 4 aromatic heterocycles. The highest BCUT2D eigenvalue weighted by Gasteiger charge is 2.24. The number of H-pyrrole nitrogens is 1. The van der Waals surface area contributed by atoms with Gasteiger partial charge in [0.2, 0.25) is 5.13 Å². The Labute approximate surface area is 203 Å². The summed E-state index contributed by atoms with van der Waals surface area (Å²) in [6, 6.07) is 18.8. The second-order valence-electron chi connectivity index (χ2n) is 8.20. The van der Waals surface area contributed by atoms with Gasteiger partial charge in [-0.05, 0) is 32.0 Å². The number of nitrogens with one attached hydrogen (secondary N) is 2. The van der Waals surface area contributed by atoms with Crippen LogP contribution in [0.2, 0.25) is 0 Å². The normalized spacial score (nSPS) is 11.4. The first-order valence-corrected chi connectivity index (χ1v) is 11.8. The van der Waals surface area contributed by atoms with E-state index in [1.54, 1.807) is 13.0 Å². The molecule has 0 bridgehead atoms. The van der Waals surface area contributed by atoms with Gasteiger partial charge in [0.1, 0.15) is 17.1 Å². The van der Waals surface area contributed by atoms with Gasteiger partial charge in [-0.1, -0.05) is 36.4 Å². The molecule has 0 atom stereocenters. The second kappa shape index (κ2) is 8.07. The van der Waals surface area contributed by atoms with Crippen molar-refractivity contribution in [1.82, 2.24) is 19.7 Å². The van der Waals surface area contributed by atoms with Crippen LogP contribution in [0.15, 0.2) is 70.5 Å². The van der Waals surface area contributed by atoms with Crippen molar-refractivity contribution in [3.63, 3.8) is 0 Å². The van der Waals surface area contributed by atoms with Crippen molar-refractivity contribution in [1.29, 1.82) is 0 Å². The summed E-state index contributed by atoms with van der Waals surface area (Å²) >= 11 is 1.36. The number of para-hydroxylation sites is 2. The third-order valence-corrected chi connectivity index (χ3v) is 6.57. The highest BCUT2D eigenvalue weighted by Crippen LogP contribution is 2.31. The molecule has 35 heavy (non-hydrogen) atoms. The molecule has 6 rings (SSSR count). The van der Waals surface area contributed by atoms with E-state index in [4.69, 9.17) is 4.42 Å². The van der Waals surface area contributed by atoms with Crippen molar-refractivity contribution >= 4 is 50.7 Å². The molecule has 0 saturated heterocycles. The van der Waals surface area contributed by atoms with Crippen LogP contribution in [-0.4, -0.2) is 31.4 Å². The van der Waals surface area contributed by atoms with Gasteiger partial charge < -0.3 is 14.7 Å². The van der Waals surface area contributed by atoms with Crippen LogP contribution in [0.25, 0.3) is 38.5 Å². The summed E-state index contributed by atoms with van der Waals surface area (Å²) < 4.78 is 7.45. The van der Waals surface area contributed by atoms with Gasteiger partial charge in [0.05, 0.1) is 11.3 Å². The van der Waals surface area contributed by atoms with Crippen molar-refractivity contribution in [2.75, 3.05) is 5.32 Å². The lowest BCUT2D eigenvalue weighted by molar-refractivity contribution is -0.112. The predicted molar refractivity (Wildman–Crippen MR) is 135 cm³/mol. The molecule has 0 unspecified atom stereocenters. The fourth-order valence-electron chi connectivity index (χ4n) is 4.17. The Kier molecular flexibility index (Phi) is 4.85. The Morgan fingerprint density at radius 2 is 1.86 bits per heavy atom. The summed E-state index contributed by atoms with van der Waals surface area (Å²) in [5.74, 6) is -0.350. The van der Waals surface area contributed by atoms with Gasteiger partial charge in [-0.25, -0.2) is 4.98 Å². The van der Waals surface area contributed by atoms with Gasteiger partial charge in [0.25, 0.3) is 11.7 Å². The first-order chi connectivity index (χ1) is 17.0. The van der Waals surface area contributed by atoms with Crippen LogP contribution in [-0.2, 0) is 4.79 Å². The number of carbonyl (C=O) groups is 2. The van der Waals surface area contributed by atoms with Crippen LogP contribution >= 0.6 is 11.3 Å². The average Bonchev–Trinajstić information content (AvgIpc) is 3.62. The summed E-state index contributed by atoms with van der Waals surface area (Å²) in [5.41, 5.74) is 3.94. The smallest absolute Gasteiger partial charge is 0.298 e. The van der Waals surface area contributed by atoms with E-state index in [0.29, 0.717) is 44.7 Å². The molecule has 0 aliphatic heterocycles. The van der Waals surface area contributed by atoms with Gasteiger partial charge in [-0.2, -0.15) is 9.78 Å². The third kappa shape index (κ3) is 3.62. The molecular formula is C26H19N5O3S. The summed E-state index contributed by atoms with van der Waals surface area (Å²) in [7, 11) is 0. The zero-order valence-corrected chi connectivity index (χ0v) is 19.6. The number of benzene rings is 2. The minimum Gasteiger partial charge on any atom is -0.454 e. The van der Waals surface area contributed by atoms with Crippen LogP contribution in [0.5, 0.6) is 0 Å². The van der Waals surface area contributed by atoms with Crippen molar-refractivity contribution in [3.8, 4) is 16.6 Å². The summed E-state index contributed by atoms with van der Waals surface area (Å²) in [4.78, 5) is 33.9. The standard InChI is InChI=1S/C26H19N5O3S/c1-14-11-22(29-25(33)24(32)23-15(2)27-18-9-5-4-8-17(18)23)31(30-14)26-28-19(13-35-26)21-12-16-7-3-6-10-20(16)34-21/h3-13,27H,1-2H3,(H,29,33). The van der Waals surface area contributed by atoms with Crippen LogP contribution in [0.4, 0.5) is 5.82 Å². The molecule has 0 aliphatic carbocycles. The van der Waals surface area contributed by atoms with Crippen LogP contribution in [0.3, 0.4) is 0 Å². The number of anilines is 1. The van der Waals surface area contributed by atoms with E-state index in [1.165, 1.54) is 16.0 Å². The Morgan fingerprint density at radius 3 is 2.71 bits per heavy atom. The van der Waals surface area contributed by atoms with E-state index in [-0.39, 0.29) is 0 Å². The van der Waals surface area contributed by atoms with Crippen molar-refractivity contribution in [3.05, 3.63) is 83.0 Å². The number of thiazole rings is 1. The van der Waals surface area contributed by atoms with Crippen molar-refractivity contribution < 1.29 is 14.0 Å². The van der Waals surface area contributed by atoms with Crippen LogP contribution in [0.1, 0.15) is 21.7 Å². The Hall–Kier alpha value is -4.50. The van der Waals surface area contributed by atoms with E-state index in [0.717, 1.165) is 16.5 Å². The lowest BCUT2D eigenvalue weighted by Gasteiger charge is -2.06. The number of amides is 1. The van der Waals surface area contributed by atoms with E-state index < -0.39 is 11.7 Å². The fourth-order valence-corrected chi connectivity index (χ4v) is 4.95. The summed E-state index contributed by atoms with van der Waals surface area (Å²) in [6.45, 7) is 3.59. The van der Waals surface area contributed by atoms with E-state index >= 15 is 0 Å². The predicted octanol–water partition coefficient (Wildman–Crippen LogP) is 5.66. The van der Waals surface area contributed by atoms with Crippen molar-refractivity contribution in [2.45, 2.75) is 13.8 Å². The number of Topliss-reactive ketones (excluding diaryl/α,β-unsaturated/α-hetero) is 1. The number of furan rings is 1.